The van der Waals surface area contributed by atoms with Crippen LogP contribution in [0.3, 0.4) is 0 Å². The molecule has 2 aliphatic rings. The molecule has 0 radical (unpaired) electrons. The van der Waals surface area contributed by atoms with Crippen molar-refractivity contribution in [1.82, 2.24) is 10.3 Å². The van der Waals surface area contributed by atoms with E-state index in [-0.39, 0.29) is 0 Å². The fourth-order valence-electron chi connectivity index (χ4n) is 3.75. The van der Waals surface area contributed by atoms with E-state index in [0.717, 1.165) is 17.0 Å². The van der Waals surface area contributed by atoms with Gasteiger partial charge in [0.25, 0.3) is 0 Å². The van der Waals surface area contributed by atoms with Gasteiger partial charge < -0.3 is 10.6 Å². The summed E-state index contributed by atoms with van der Waals surface area (Å²) in [5.74, 6) is 1.69. The number of nitrogens with one attached hydrogen (secondary N) is 2. The van der Waals surface area contributed by atoms with E-state index in [1.807, 2.05) is 6.20 Å². The largest absolute Gasteiger partial charge is 0.358 e. The van der Waals surface area contributed by atoms with Crippen molar-refractivity contribution in [2.24, 2.45) is 11.8 Å². The molecule has 0 amide bonds. The van der Waals surface area contributed by atoms with Crippen molar-refractivity contribution >= 4 is 16.5 Å². The zero-order chi connectivity index (χ0) is 12.9. The highest BCUT2D eigenvalue weighted by atomic mass is 32.1. The fraction of sp³-hybridized carbons (Fsp3) is 0.800. The molecule has 0 aromatic carbocycles. The van der Waals surface area contributed by atoms with Crippen LogP contribution in [0, 0.1) is 11.8 Å². The van der Waals surface area contributed by atoms with Gasteiger partial charge in [0.2, 0.25) is 0 Å². The van der Waals surface area contributed by atoms with Crippen LogP contribution in [-0.4, -0.2) is 24.1 Å². The Morgan fingerprint density at radius 2 is 1.84 bits per heavy atom. The second-order valence-corrected chi connectivity index (χ2v) is 6.89. The maximum Gasteiger partial charge on any atom is 0.182 e. The standard InChI is InChI=1S/C15H25N3S/c1-2-4-12(5-3-1)14(13-6-8-16-9-7-13)18-15-17-10-11-19-15/h10-14,16H,1-9H2,(H,17,18). The molecule has 1 saturated heterocycles. The Labute approximate surface area is 120 Å². The Balaban J connectivity index is 1.69. The van der Waals surface area contributed by atoms with Crippen LogP contribution in [0.25, 0.3) is 0 Å². The van der Waals surface area contributed by atoms with E-state index in [2.05, 4.69) is 21.0 Å². The van der Waals surface area contributed by atoms with E-state index in [9.17, 15) is 0 Å². The highest BCUT2D eigenvalue weighted by Crippen LogP contribution is 2.34. The summed E-state index contributed by atoms with van der Waals surface area (Å²) in [7, 11) is 0. The van der Waals surface area contributed by atoms with Gasteiger partial charge in [-0.3, -0.25) is 0 Å². The first-order valence-electron chi connectivity index (χ1n) is 7.80. The first-order chi connectivity index (χ1) is 9.43. The number of aromatic nitrogens is 1. The van der Waals surface area contributed by atoms with Crippen molar-refractivity contribution in [2.75, 3.05) is 18.4 Å². The maximum atomic E-state index is 4.44. The van der Waals surface area contributed by atoms with Crippen molar-refractivity contribution in [2.45, 2.75) is 51.0 Å². The third-order valence-corrected chi connectivity index (χ3v) is 5.48. The van der Waals surface area contributed by atoms with Gasteiger partial charge in [-0.25, -0.2) is 4.98 Å². The quantitative estimate of drug-likeness (QED) is 0.885. The van der Waals surface area contributed by atoms with Gasteiger partial charge in [-0.15, -0.1) is 11.3 Å². The van der Waals surface area contributed by atoms with Gasteiger partial charge in [0.15, 0.2) is 5.13 Å². The Morgan fingerprint density at radius 3 is 2.53 bits per heavy atom. The molecule has 1 atom stereocenters. The summed E-state index contributed by atoms with van der Waals surface area (Å²) in [6.07, 6.45) is 11.6. The van der Waals surface area contributed by atoms with Gasteiger partial charge in [-0.1, -0.05) is 19.3 Å². The summed E-state index contributed by atoms with van der Waals surface area (Å²) in [5, 5.41) is 10.5. The predicted octanol–water partition coefficient (Wildman–Crippen LogP) is 3.50. The van der Waals surface area contributed by atoms with Crippen molar-refractivity contribution in [3.05, 3.63) is 11.6 Å². The first kappa shape index (κ1) is 13.4. The average Bonchev–Trinajstić information content (AvgIpc) is 3.00. The van der Waals surface area contributed by atoms with Crippen LogP contribution >= 0.6 is 11.3 Å². The molecule has 1 unspecified atom stereocenters. The molecule has 106 valence electrons. The second kappa shape index (κ2) is 6.71. The van der Waals surface area contributed by atoms with Gasteiger partial charge in [0.05, 0.1) is 0 Å². The summed E-state index contributed by atoms with van der Waals surface area (Å²) >= 11 is 1.74. The molecular formula is C15H25N3S. The van der Waals surface area contributed by atoms with Gasteiger partial charge in [-0.2, -0.15) is 0 Å². The van der Waals surface area contributed by atoms with Crippen LogP contribution in [0.2, 0.25) is 0 Å². The van der Waals surface area contributed by atoms with E-state index in [0.29, 0.717) is 6.04 Å². The molecule has 4 heteroatoms. The monoisotopic (exact) mass is 279 g/mol. The van der Waals surface area contributed by atoms with Crippen molar-refractivity contribution in [3.63, 3.8) is 0 Å². The van der Waals surface area contributed by atoms with Crippen molar-refractivity contribution < 1.29 is 0 Å². The molecule has 1 aromatic rings. The predicted molar refractivity (Wildman–Crippen MR) is 81.7 cm³/mol. The Hall–Kier alpha value is -0.610. The normalized spacial score (nSPS) is 24.2. The number of nitrogens with zero attached hydrogens (tertiary/aromatic N) is 1. The smallest absolute Gasteiger partial charge is 0.182 e. The van der Waals surface area contributed by atoms with Crippen LogP contribution in [0.5, 0.6) is 0 Å². The molecule has 0 bridgehead atoms. The highest BCUT2D eigenvalue weighted by Gasteiger charge is 2.31. The van der Waals surface area contributed by atoms with Gasteiger partial charge in [0.1, 0.15) is 0 Å². The lowest BCUT2D eigenvalue weighted by molar-refractivity contribution is 0.225. The first-order valence-corrected chi connectivity index (χ1v) is 8.68. The van der Waals surface area contributed by atoms with Crippen LogP contribution in [-0.2, 0) is 0 Å². The van der Waals surface area contributed by atoms with Gasteiger partial charge in [-0.05, 0) is 50.6 Å². The maximum absolute atomic E-state index is 4.44. The summed E-state index contributed by atoms with van der Waals surface area (Å²) in [6.45, 7) is 2.38. The van der Waals surface area contributed by atoms with Gasteiger partial charge in [0, 0.05) is 17.6 Å². The lowest BCUT2D eigenvalue weighted by atomic mass is 9.76. The van der Waals surface area contributed by atoms with E-state index < -0.39 is 0 Å². The van der Waals surface area contributed by atoms with Gasteiger partial charge >= 0.3 is 0 Å². The number of thiazole rings is 1. The number of piperidine rings is 1. The third-order valence-electron chi connectivity index (χ3n) is 4.77. The fourth-order valence-corrected chi connectivity index (χ4v) is 4.33. The molecule has 1 aliphatic heterocycles. The van der Waals surface area contributed by atoms with E-state index in [1.165, 1.54) is 58.0 Å². The van der Waals surface area contributed by atoms with Crippen LogP contribution < -0.4 is 10.6 Å². The number of rotatable bonds is 4. The van der Waals surface area contributed by atoms with Crippen LogP contribution in [0.15, 0.2) is 11.6 Å². The zero-order valence-corrected chi connectivity index (χ0v) is 12.4. The van der Waals surface area contributed by atoms with E-state index in [4.69, 9.17) is 0 Å². The molecule has 1 aliphatic carbocycles. The lowest BCUT2D eigenvalue weighted by Gasteiger charge is -2.38. The van der Waals surface area contributed by atoms with Crippen LogP contribution in [0.1, 0.15) is 44.9 Å². The molecule has 3 rings (SSSR count). The molecule has 2 heterocycles. The summed E-state index contributed by atoms with van der Waals surface area (Å²) in [4.78, 5) is 4.44. The number of anilines is 1. The minimum Gasteiger partial charge on any atom is -0.358 e. The average molecular weight is 279 g/mol. The molecular weight excluding hydrogens is 254 g/mol. The van der Waals surface area contributed by atoms with E-state index >= 15 is 0 Å². The molecule has 1 aromatic heterocycles. The van der Waals surface area contributed by atoms with Crippen LogP contribution in [0.4, 0.5) is 5.13 Å². The SMILES string of the molecule is c1csc(NC(C2CCCCC2)C2CCNCC2)n1. The molecule has 3 nitrogen and oxygen atoms in total. The summed E-state index contributed by atoms with van der Waals surface area (Å²) in [6, 6.07) is 0.647. The third kappa shape index (κ3) is 3.48. The van der Waals surface area contributed by atoms with E-state index in [1.54, 1.807) is 11.3 Å². The van der Waals surface area contributed by atoms with Crippen molar-refractivity contribution in [1.29, 1.82) is 0 Å². The molecule has 2 N–H and O–H groups in total. The second-order valence-electron chi connectivity index (χ2n) is 5.99. The number of hydrogen-bond donors (Lipinski definition) is 2. The lowest BCUT2D eigenvalue weighted by Crippen LogP contribution is -2.42. The molecule has 2 fully saturated rings. The Kier molecular flexibility index (Phi) is 4.72. The summed E-state index contributed by atoms with van der Waals surface area (Å²) in [5.41, 5.74) is 0. The zero-order valence-electron chi connectivity index (χ0n) is 11.6. The highest BCUT2D eigenvalue weighted by molar-refractivity contribution is 7.13. The minimum atomic E-state index is 0.647. The molecule has 1 saturated carbocycles. The topological polar surface area (TPSA) is 37.0 Å². The van der Waals surface area contributed by atoms with Crippen molar-refractivity contribution in [3.8, 4) is 0 Å². The minimum absolute atomic E-state index is 0.647. The summed E-state index contributed by atoms with van der Waals surface area (Å²) < 4.78 is 0. The Morgan fingerprint density at radius 1 is 1.11 bits per heavy atom. The Bertz CT molecular complexity index is 335. The molecule has 19 heavy (non-hydrogen) atoms. The molecule has 0 spiro atoms. The number of hydrogen-bond acceptors (Lipinski definition) is 4.